The molecule has 1 aliphatic heterocycles. The first-order valence-corrected chi connectivity index (χ1v) is 8.47. The van der Waals surface area contributed by atoms with Gasteiger partial charge in [-0.15, -0.1) is 0 Å². The van der Waals surface area contributed by atoms with E-state index in [2.05, 4.69) is 21.2 Å². The van der Waals surface area contributed by atoms with Gasteiger partial charge in [0.25, 0.3) is 5.91 Å². The van der Waals surface area contributed by atoms with E-state index in [9.17, 15) is 9.59 Å². The maximum Gasteiger partial charge on any atom is 0.324 e. The number of urea groups is 1. The zero-order valence-electron chi connectivity index (χ0n) is 12.9. The molecule has 0 aromatic heterocycles. The Balaban J connectivity index is 1.54. The minimum atomic E-state index is -0.509. The van der Waals surface area contributed by atoms with Crippen molar-refractivity contribution in [2.24, 2.45) is 0 Å². The lowest BCUT2D eigenvalue weighted by Crippen LogP contribution is -2.35. The monoisotopic (exact) mass is 388 g/mol. The van der Waals surface area contributed by atoms with Gasteiger partial charge in [0.15, 0.2) is 0 Å². The average Bonchev–Trinajstić information content (AvgIpc) is 2.83. The summed E-state index contributed by atoms with van der Waals surface area (Å²) in [7, 11) is 0. The normalized spacial score (nSPS) is 17.0. The fourth-order valence-electron chi connectivity index (χ4n) is 2.59. The fourth-order valence-corrected chi connectivity index (χ4v) is 2.97. The van der Waals surface area contributed by atoms with Crippen molar-refractivity contribution in [3.05, 3.63) is 64.6 Å². The summed E-state index contributed by atoms with van der Waals surface area (Å²) in [6, 6.07) is 16.2. The molecule has 0 unspecified atom stereocenters. The summed E-state index contributed by atoms with van der Waals surface area (Å²) in [5.41, 5.74) is 1.02. The molecule has 2 aromatic carbocycles. The molecule has 0 spiro atoms. The molecule has 1 heterocycles. The quantitative estimate of drug-likeness (QED) is 0.773. The van der Waals surface area contributed by atoms with Crippen LogP contribution >= 0.6 is 15.9 Å². The Morgan fingerprint density at radius 1 is 1.08 bits per heavy atom. The lowest BCUT2D eigenvalue weighted by molar-refractivity contribution is -0.127. The summed E-state index contributed by atoms with van der Waals surface area (Å²) in [6.45, 7) is 0.482. The SMILES string of the molecule is O=C1N[C@H](Cc2ccccc2)C(=O)N1CCOc1cccc(Br)c1. The van der Waals surface area contributed by atoms with Crippen LogP contribution in [-0.2, 0) is 11.2 Å². The topological polar surface area (TPSA) is 58.6 Å². The molecule has 0 aliphatic carbocycles. The summed E-state index contributed by atoms with van der Waals surface area (Å²) >= 11 is 3.37. The molecule has 5 nitrogen and oxygen atoms in total. The van der Waals surface area contributed by atoms with Gasteiger partial charge in [-0.2, -0.15) is 0 Å². The molecule has 1 saturated heterocycles. The largest absolute Gasteiger partial charge is 0.492 e. The zero-order chi connectivity index (χ0) is 16.9. The van der Waals surface area contributed by atoms with Gasteiger partial charge < -0.3 is 10.1 Å². The van der Waals surface area contributed by atoms with Crippen molar-refractivity contribution in [2.75, 3.05) is 13.2 Å². The van der Waals surface area contributed by atoms with Crippen LogP contribution in [0.25, 0.3) is 0 Å². The van der Waals surface area contributed by atoms with Gasteiger partial charge in [0.05, 0.1) is 6.54 Å². The van der Waals surface area contributed by atoms with E-state index in [0.717, 1.165) is 10.0 Å². The molecule has 1 atom stereocenters. The van der Waals surface area contributed by atoms with Gasteiger partial charge in [-0.05, 0) is 23.8 Å². The van der Waals surface area contributed by atoms with Crippen molar-refractivity contribution in [3.63, 3.8) is 0 Å². The minimum absolute atomic E-state index is 0.207. The third-order valence-electron chi connectivity index (χ3n) is 3.77. The van der Waals surface area contributed by atoms with Crippen LogP contribution in [0.3, 0.4) is 0 Å². The van der Waals surface area contributed by atoms with E-state index in [0.29, 0.717) is 12.2 Å². The van der Waals surface area contributed by atoms with Crippen LogP contribution in [0.15, 0.2) is 59.1 Å². The Morgan fingerprint density at radius 2 is 1.88 bits per heavy atom. The van der Waals surface area contributed by atoms with Crippen LogP contribution in [0.2, 0.25) is 0 Å². The molecule has 24 heavy (non-hydrogen) atoms. The first kappa shape index (κ1) is 16.5. The van der Waals surface area contributed by atoms with Crippen LogP contribution in [-0.4, -0.2) is 36.0 Å². The van der Waals surface area contributed by atoms with Crippen LogP contribution in [0.1, 0.15) is 5.56 Å². The Labute approximate surface area is 148 Å². The Kier molecular flexibility index (Phi) is 5.15. The van der Waals surface area contributed by atoms with E-state index in [1.165, 1.54) is 4.90 Å². The van der Waals surface area contributed by atoms with Gasteiger partial charge in [-0.25, -0.2) is 4.79 Å². The van der Waals surface area contributed by atoms with Gasteiger partial charge in [0.2, 0.25) is 0 Å². The van der Waals surface area contributed by atoms with Crippen molar-refractivity contribution in [1.82, 2.24) is 10.2 Å². The lowest BCUT2D eigenvalue weighted by Gasteiger charge is -2.14. The van der Waals surface area contributed by atoms with Crippen molar-refractivity contribution in [3.8, 4) is 5.75 Å². The molecule has 0 saturated carbocycles. The van der Waals surface area contributed by atoms with Gasteiger partial charge in [0, 0.05) is 10.9 Å². The highest BCUT2D eigenvalue weighted by Crippen LogP contribution is 2.18. The molecular weight excluding hydrogens is 372 g/mol. The molecule has 6 heteroatoms. The van der Waals surface area contributed by atoms with E-state index in [-0.39, 0.29) is 25.1 Å². The molecule has 2 aromatic rings. The Bertz CT molecular complexity index is 736. The van der Waals surface area contributed by atoms with Crippen LogP contribution in [0.5, 0.6) is 5.75 Å². The predicted molar refractivity (Wildman–Crippen MR) is 93.8 cm³/mol. The van der Waals surface area contributed by atoms with Crippen LogP contribution < -0.4 is 10.1 Å². The Hall–Kier alpha value is -2.34. The second kappa shape index (κ2) is 7.49. The van der Waals surface area contributed by atoms with E-state index in [1.807, 2.05) is 54.6 Å². The van der Waals surface area contributed by atoms with E-state index in [1.54, 1.807) is 0 Å². The van der Waals surface area contributed by atoms with Gasteiger partial charge in [-0.1, -0.05) is 52.3 Å². The highest BCUT2D eigenvalue weighted by atomic mass is 79.9. The van der Waals surface area contributed by atoms with Crippen molar-refractivity contribution >= 4 is 27.9 Å². The van der Waals surface area contributed by atoms with E-state index < -0.39 is 6.04 Å². The molecule has 3 rings (SSSR count). The summed E-state index contributed by atoms with van der Waals surface area (Å²) in [5, 5.41) is 2.73. The third kappa shape index (κ3) is 3.94. The first-order chi connectivity index (χ1) is 11.6. The van der Waals surface area contributed by atoms with Crippen LogP contribution in [0.4, 0.5) is 4.79 Å². The number of nitrogens with one attached hydrogen (secondary N) is 1. The number of hydrogen-bond donors (Lipinski definition) is 1. The number of nitrogens with zero attached hydrogens (tertiary/aromatic N) is 1. The number of rotatable bonds is 6. The van der Waals surface area contributed by atoms with E-state index >= 15 is 0 Å². The number of carbonyl (C=O) groups is 2. The van der Waals surface area contributed by atoms with Gasteiger partial charge in [0.1, 0.15) is 18.4 Å². The fraction of sp³-hybridized carbons (Fsp3) is 0.222. The standard InChI is InChI=1S/C18H17BrN2O3/c19-14-7-4-8-15(12-14)24-10-9-21-17(22)16(20-18(21)23)11-13-5-2-1-3-6-13/h1-8,12,16H,9-11H2,(H,20,23)/t16-/m1/s1. The molecule has 0 radical (unpaired) electrons. The molecule has 3 amide bonds. The predicted octanol–water partition coefficient (Wildman–Crippen LogP) is 2.99. The number of amides is 3. The number of halogens is 1. The van der Waals surface area contributed by atoms with Crippen molar-refractivity contribution in [1.29, 1.82) is 0 Å². The first-order valence-electron chi connectivity index (χ1n) is 7.67. The number of ether oxygens (including phenoxy) is 1. The zero-order valence-corrected chi connectivity index (χ0v) is 14.5. The maximum atomic E-state index is 12.4. The average molecular weight is 389 g/mol. The molecule has 0 bridgehead atoms. The summed E-state index contributed by atoms with van der Waals surface area (Å²) in [5.74, 6) is 0.485. The second-order valence-corrected chi connectivity index (χ2v) is 6.40. The maximum absolute atomic E-state index is 12.4. The third-order valence-corrected chi connectivity index (χ3v) is 4.26. The second-order valence-electron chi connectivity index (χ2n) is 5.49. The minimum Gasteiger partial charge on any atom is -0.492 e. The summed E-state index contributed by atoms with van der Waals surface area (Å²) in [4.78, 5) is 25.6. The number of carbonyl (C=O) groups excluding carboxylic acids is 2. The summed E-state index contributed by atoms with van der Waals surface area (Å²) < 4.78 is 6.51. The lowest BCUT2D eigenvalue weighted by atomic mass is 10.1. The Morgan fingerprint density at radius 3 is 2.62 bits per heavy atom. The molecule has 1 fully saturated rings. The number of hydrogen-bond acceptors (Lipinski definition) is 3. The molecule has 1 N–H and O–H groups in total. The van der Waals surface area contributed by atoms with Crippen molar-refractivity contribution < 1.29 is 14.3 Å². The number of imide groups is 1. The highest BCUT2D eigenvalue weighted by molar-refractivity contribution is 9.10. The van der Waals surface area contributed by atoms with Gasteiger partial charge >= 0.3 is 6.03 Å². The molecular formula is C18H17BrN2O3. The number of benzene rings is 2. The van der Waals surface area contributed by atoms with E-state index in [4.69, 9.17) is 4.74 Å². The van der Waals surface area contributed by atoms with Crippen LogP contribution in [0, 0.1) is 0 Å². The molecule has 124 valence electrons. The highest BCUT2D eigenvalue weighted by Gasteiger charge is 2.37. The summed E-state index contributed by atoms with van der Waals surface area (Å²) in [6.07, 6.45) is 0.494. The molecule has 1 aliphatic rings. The smallest absolute Gasteiger partial charge is 0.324 e. The van der Waals surface area contributed by atoms with Gasteiger partial charge in [-0.3, -0.25) is 9.69 Å². The van der Waals surface area contributed by atoms with Crippen molar-refractivity contribution in [2.45, 2.75) is 12.5 Å².